The average Bonchev–Trinajstić information content (AvgIpc) is 2.39. The van der Waals surface area contributed by atoms with Gasteiger partial charge in [0.25, 0.3) is 0 Å². The highest BCUT2D eigenvalue weighted by molar-refractivity contribution is 7.90. The van der Waals surface area contributed by atoms with Crippen molar-refractivity contribution in [1.82, 2.24) is 4.31 Å². The second-order valence-corrected chi connectivity index (χ2v) is 6.65. The quantitative estimate of drug-likeness (QED) is 0.578. The lowest BCUT2D eigenvalue weighted by atomic mass is 10.1. The summed E-state index contributed by atoms with van der Waals surface area (Å²) >= 11 is 0. The van der Waals surface area contributed by atoms with Crippen LogP contribution in [0.25, 0.3) is 0 Å². The Labute approximate surface area is 119 Å². The minimum Gasteiger partial charge on any atom is -0.384 e. The molecule has 1 saturated heterocycles. The molecule has 1 fully saturated rings. The Bertz CT molecular complexity index is 607. The van der Waals surface area contributed by atoms with E-state index in [9.17, 15) is 8.42 Å². The third kappa shape index (κ3) is 3.10. The lowest BCUT2D eigenvalue weighted by Gasteiger charge is -2.26. The van der Waals surface area contributed by atoms with E-state index in [-0.39, 0.29) is 5.84 Å². The summed E-state index contributed by atoms with van der Waals surface area (Å²) in [6.45, 7) is 2.88. The van der Waals surface area contributed by atoms with Gasteiger partial charge in [0.2, 0.25) is 0 Å². The van der Waals surface area contributed by atoms with Crippen LogP contribution in [-0.4, -0.2) is 31.6 Å². The molecule has 0 aliphatic carbocycles. The second-order valence-electron chi connectivity index (χ2n) is 4.98. The zero-order chi connectivity index (χ0) is 14.8. The summed E-state index contributed by atoms with van der Waals surface area (Å²) in [7, 11) is -3.58. The molecule has 1 aromatic carbocycles. The summed E-state index contributed by atoms with van der Waals surface area (Å²) in [5.74, 6) is -0.139. The number of benzene rings is 1. The predicted molar refractivity (Wildman–Crippen MR) is 80.2 cm³/mol. The van der Waals surface area contributed by atoms with Gasteiger partial charge in [0.1, 0.15) is 5.84 Å². The fourth-order valence-corrected chi connectivity index (χ4v) is 3.74. The van der Waals surface area contributed by atoms with Gasteiger partial charge < -0.3 is 5.73 Å². The monoisotopic (exact) mass is 296 g/mol. The Kier molecular flexibility index (Phi) is 4.29. The molecule has 0 unspecified atom stereocenters. The van der Waals surface area contributed by atoms with Gasteiger partial charge in [-0.2, -0.15) is 12.7 Å². The number of piperidine rings is 1. The van der Waals surface area contributed by atoms with Crippen LogP contribution in [-0.2, 0) is 10.2 Å². The van der Waals surface area contributed by atoms with Crippen LogP contribution in [0, 0.1) is 12.3 Å². The molecule has 2 rings (SSSR count). The van der Waals surface area contributed by atoms with E-state index in [1.54, 1.807) is 25.1 Å². The summed E-state index contributed by atoms with van der Waals surface area (Å²) in [4.78, 5) is 0. The Hall–Kier alpha value is -1.60. The summed E-state index contributed by atoms with van der Waals surface area (Å²) in [6, 6.07) is 5.18. The topological polar surface area (TPSA) is 99.3 Å². The minimum atomic E-state index is -3.58. The van der Waals surface area contributed by atoms with E-state index in [0.717, 1.165) is 24.8 Å². The van der Waals surface area contributed by atoms with Crippen LogP contribution >= 0.6 is 0 Å². The van der Waals surface area contributed by atoms with Crippen LogP contribution < -0.4 is 10.5 Å². The van der Waals surface area contributed by atoms with Gasteiger partial charge in [-0.3, -0.25) is 10.1 Å². The standard InChI is InChI=1S/C13H20N4O2S/c1-10-6-5-7-11(12(10)13(14)15)16-20(18,19)17-8-3-2-4-9-17/h5-7,16H,2-4,8-9H2,1H3,(H3,14,15). The van der Waals surface area contributed by atoms with Gasteiger partial charge in [-0.1, -0.05) is 18.6 Å². The summed E-state index contributed by atoms with van der Waals surface area (Å²) < 4.78 is 28.7. The molecular formula is C13H20N4O2S. The fraction of sp³-hybridized carbons (Fsp3) is 0.462. The normalized spacial score (nSPS) is 16.9. The van der Waals surface area contributed by atoms with Crippen molar-refractivity contribution in [2.24, 2.45) is 5.73 Å². The number of nitrogens with two attached hydrogens (primary N) is 1. The molecule has 7 heteroatoms. The molecule has 1 aromatic rings. The number of nitrogens with zero attached hydrogens (tertiary/aromatic N) is 1. The smallest absolute Gasteiger partial charge is 0.301 e. The molecule has 0 bridgehead atoms. The molecule has 1 heterocycles. The van der Waals surface area contributed by atoms with Gasteiger partial charge in [0, 0.05) is 18.7 Å². The van der Waals surface area contributed by atoms with Crippen molar-refractivity contribution >= 4 is 21.7 Å². The highest BCUT2D eigenvalue weighted by Gasteiger charge is 2.25. The Morgan fingerprint density at radius 1 is 1.30 bits per heavy atom. The third-order valence-corrected chi connectivity index (χ3v) is 4.96. The maximum atomic E-state index is 12.3. The molecule has 1 aliphatic heterocycles. The van der Waals surface area contributed by atoms with Crippen LogP contribution in [0.4, 0.5) is 5.69 Å². The molecule has 0 spiro atoms. The fourth-order valence-electron chi connectivity index (χ4n) is 2.42. The molecule has 0 atom stereocenters. The number of amidine groups is 1. The first-order chi connectivity index (χ1) is 9.42. The first-order valence-electron chi connectivity index (χ1n) is 6.64. The maximum absolute atomic E-state index is 12.3. The van der Waals surface area contributed by atoms with Gasteiger partial charge >= 0.3 is 10.2 Å². The molecule has 1 aliphatic rings. The van der Waals surface area contributed by atoms with E-state index in [0.29, 0.717) is 24.3 Å². The van der Waals surface area contributed by atoms with Gasteiger partial charge in [0.15, 0.2) is 0 Å². The van der Waals surface area contributed by atoms with Crippen molar-refractivity contribution in [1.29, 1.82) is 5.41 Å². The van der Waals surface area contributed by atoms with E-state index in [1.165, 1.54) is 4.31 Å². The number of hydrogen-bond donors (Lipinski definition) is 3. The van der Waals surface area contributed by atoms with Crippen molar-refractivity contribution in [3.63, 3.8) is 0 Å². The van der Waals surface area contributed by atoms with E-state index >= 15 is 0 Å². The molecule has 6 nitrogen and oxygen atoms in total. The van der Waals surface area contributed by atoms with E-state index in [2.05, 4.69) is 4.72 Å². The van der Waals surface area contributed by atoms with Crippen LogP contribution in [0.2, 0.25) is 0 Å². The molecule has 0 radical (unpaired) electrons. The van der Waals surface area contributed by atoms with E-state index < -0.39 is 10.2 Å². The van der Waals surface area contributed by atoms with E-state index in [4.69, 9.17) is 11.1 Å². The lowest BCUT2D eigenvalue weighted by molar-refractivity contribution is 0.349. The number of anilines is 1. The van der Waals surface area contributed by atoms with Crippen LogP contribution in [0.5, 0.6) is 0 Å². The first kappa shape index (κ1) is 14.8. The first-order valence-corrected chi connectivity index (χ1v) is 8.08. The van der Waals surface area contributed by atoms with E-state index in [1.807, 2.05) is 0 Å². The van der Waals surface area contributed by atoms with Gasteiger partial charge in [0.05, 0.1) is 5.69 Å². The van der Waals surface area contributed by atoms with Crippen LogP contribution in [0.3, 0.4) is 0 Å². The number of nitrogen functional groups attached to an aromatic ring is 1. The van der Waals surface area contributed by atoms with Crippen molar-refractivity contribution in [3.8, 4) is 0 Å². The molecule has 0 saturated carbocycles. The molecule has 20 heavy (non-hydrogen) atoms. The van der Waals surface area contributed by atoms with Crippen LogP contribution in [0.1, 0.15) is 30.4 Å². The lowest BCUT2D eigenvalue weighted by Crippen LogP contribution is -2.39. The van der Waals surface area contributed by atoms with Gasteiger partial charge in [-0.05, 0) is 31.4 Å². The minimum absolute atomic E-state index is 0.139. The number of rotatable bonds is 4. The zero-order valence-electron chi connectivity index (χ0n) is 11.5. The van der Waals surface area contributed by atoms with Crippen molar-refractivity contribution in [3.05, 3.63) is 29.3 Å². The van der Waals surface area contributed by atoms with Crippen molar-refractivity contribution in [2.75, 3.05) is 17.8 Å². The number of nitrogens with one attached hydrogen (secondary N) is 2. The summed E-state index contributed by atoms with van der Waals surface area (Å²) in [6.07, 6.45) is 2.83. The number of hydrogen-bond acceptors (Lipinski definition) is 3. The van der Waals surface area contributed by atoms with Gasteiger partial charge in [-0.15, -0.1) is 0 Å². The second kappa shape index (κ2) is 5.80. The van der Waals surface area contributed by atoms with Crippen LogP contribution in [0.15, 0.2) is 18.2 Å². The number of aryl methyl sites for hydroxylation is 1. The maximum Gasteiger partial charge on any atom is 0.301 e. The Balaban J connectivity index is 2.29. The average molecular weight is 296 g/mol. The summed E-state index contributed by atoms with van der Waals surface area (Å²) in [5.41, 5.74) is 7.12. The van der Waals surface area contributed by atoms with Crippen molar-refractivity contribution < 1.29 is 8.42 Å². The zero-order valence-corrected chi connectivity index (χ0v) is 12.3. The SMILES string of the molecule is Cc1cccc(NS(=O)(=O)N2CCCCC2)c1C(=N)N. The molecule has 4 N–H and O–H groups in total. The largest absolute Gasteiger partial charge is 0.384 e. The molecule has 0 amide bonds. The molecular weight excluding hydrogens is 276 g/mol. The third-order valence-electron chi connectivity index (χ3n) is 3.44. The Morgan fingerprint density at radius 3 is 2.55 bits per heavy atom. The highest BCUT2D eigenvalue weighted by Crippen LogP contribution is 2.22. The Morgan fingerprint density at radius 2 is 1.95 bits per heavy atom. The molecule has 0 aromatic heterocycles. The van der Waals surface area contributed by atoms with Gasteiger partial charge in [-0.25, -0.2) is 0 Å². The van der Waals surface area contributed by atoms with Crippen molar-refractivity contribution in [2.45, 2.75) is 26.2 Å². The summed E-state index contributed by atoms with van der Waals surface area (Å²) in [5, 5.41) is 7.60. The predicted octanol–water partition coefficient (Wildman–Crippen LogP) is 1.42. The molecule has 110 valence electrons. The highest BCUT2D eigenvalue weighted by atomic mass is 32.2.